The van der Waals surface area contributed by atoms with E-state index in [4.69, 9.17) is 19.5 Å². The molecule has 1 aliphatic rings. The van der Waals surface area contributed by atoms with E-state index >= 15 is 0 Å². The summed E-state index contributed by atoms with van der Waals surface area (Å²) in [4.78, 5) is 63.4. The number of fused-ring (bicyclic) bond motifs is 1. The number of aliphatic hydroxyl groups is 1. The molecule has 3 rings (SSSR count). The molecule has 0 saturated carbocycles. The number of hydrogen-bond acceptors (Lipinski definition) is 14. The Morgan fingerprint density at radius 2 is 1.97 bits per heavy atom. The highest BCUT2D eigenvalue weighted by Gasteiger charge is 2.49. The Labute approximate surface area is 225 Å². The molecule has 218 valence electrons. The SMILES string of the molecule is CCC(=O)SCCNC(=O)CCOP(=O)(O)OCC1OC(n2cnc3c(N)ncnc32)C(O)C1OP(=O)(O)O. The molecule has 1 amide bonds. The molecule has 0 spiro atoms. The third-order valence-corrected chi connectivity index (χ3v) is 7.71. The summed E-state index contributed by atoms with van der Waals surface area (Å²) in [6.07, 6.45) is -3.83. The summed E-state index contributed by atoms with van der Waals surface area (Å²) in [5.74, 6) is -0.0780. The minimum Gasteiger partial charge on any atom is -0.386 e. The van der Waals surface area contributed by atoms with Gasteiger partial charge in [0.05, 0.1) is 26.0 Å². The van der Waals surface area contributed by atoms with Crippen LogP contribution in [0.15, 0.2) is 12.7 Å². The van der Waals surface area contributed by atoms with Crippen molar-refractivity contribution in [3.8, 4) is 0 Å². The lowest BCUT2D eigenvalue weighted by Crippen LogP contribution is -2.35. The van der Waals surface area contributed by atoms with Crippen molar-refractivity contribution in [1.29, 1.82) is 0 Å². The van der Waals surface area contributed by atoms with Crippen molar-refractivity contribution < 1.29 is 56.8 Å². The highest BCUT2D eigenvalue weighted by molar-refractivity contribution is 8.13. The van der Waals surface area contributed by atoms with Crippen molar-refractivity contribution in [3.05, 3.63) is 12.7 Å². The van der Waals surface area contributed by atoms with Gasteiger partial charge in [0.15, 0.2) is 22.8 Å². The molecule has 0 radical (unpaired) electrons. The topological polar surface area (TPSA) is 268 Å². The van der Waals surface area contributed by atoms with Gasteiger partial charge in [-0.3, -0.25) is 27.7 Å². The number of nitrogens with two attached hydrogens (primary N) is 1. The van der Waals surface area contributed by atoms with Crippen LogP contribution < -0.4 is 11.1 Å². The van der Waals surface area contributed by atoms with Crippen LogP contribution in [-0.2, 0) is 37.0 Å². The van der Waals surface area contributed by atoms with Crippen molar-refractivity contribution in [1.82, 2.24) is 24.8 Å². The molecule has 0 aliphatic carbocycles. The number of nitrogen functional groups attached to an aromatic ring is 1. The van der Waals surface area contributed by atoms with Gasteiger partial charge in [-0.2, -0.15) is 0 Å². The molecule has 1 fully saturated rings. The number of imidazole rings is 1. The number of phosphoric ester groups is 2. The second kappa shape index (κ2) is 13.6. The fraction of sp³-hybridized carbons (Fsp3) is 0.611. The Hall–Kier alpha value is -2.02. The van der Waals surface area contributed by atoms with Gasteiger partial charge >= 0.3 is 15.6 Å². The average Bonchev–Trinajstić information content (AvgIpc) is 3.41. The molecule has 39 heavy (non-hydrogen) atoms. The molecule has 0 bridgehead atoms. The number of rotatable bonds is 14. The average molecular weight is 614 g/mol. The summed E-state index contributed by atoms with van der Waals surface area (Å²) in [7, 11) is -9.92. The molecule has 5 atom stereocenters. The van der Waals surface area contributed by atoms with Crippen LogP contribution in [-0.4, -0.2) is 94.2 Å². The first-order valence-electron chi connectivity index (χ1n) is 11.4. The minimum atomic E-state index is -5.15. The zero-order chi connectivity index (χ0) is 28.8. The van der Waals surface area contributed by atoms with Crippen LogP contribution in [0.4, 0.5) is 5.82 Å². The normalized spacial score (nSPS) is 23.1. The van der Waals surface area contributed by atoms with Crippen LogP contribution in [0.3, 0.4) is 0 Å². The first-order chi connectivity index (χ1) is 18.3. The fourth-order valence-corrected chi connectivity index (χ4v) is 5.38. The molecule has 0 aromatic carbocycles. The number of carbonyl (C=O) groups is 2. The Balaban J connectivity index is 1.57. The summed E-state index contributed by atoms with van der Waals surface area (Å²) in [5, 5.41) is 13.3. The molecule has 5 unspecified atom stereocenters. The van der Waals surface area contributed by atoms with Gasteiger partial charge in [0.2, 0.25) is 5.91 Å². The molecule has 1 saturated heterocycles. The van der Waals surface area contributed by atoms with Crippen molar-refractivity contribution in [2.75, 3.05) is 31.2 Å². The van der Waals surface area contributed by atoms with Crippen LogP contribution in [0.5, 0.6) is 0 Å². The first-order valence-corrected chi connectivity index (χ1v) is 15.4. The van der Waals surface area contributed by atoms with Crippen LogP contribution in [0.25, 0.3) is 11.2 Å². The predicted molar refractivity (Wildman–Crippen MR) is 134 cm³/mol. The second-order valence-electron chi connectivity index (χ2n) is 7.97. The van der Waals surface area contributed by atoms with Gasteiger partial charge < -0.3 is 35.6 Å². The van der Waals surface area contributed by atoms with E-state index in [1.54, 1.807) is 6.92 Å². The third-order valence-electron chi connectivity index (χ3n) is 5.19. The Kier molecular flexibility index (Phi) is 11.0. The standard InChI is InChI=1S/C18H28N6O12P2S/c1-2-12(26)39-6-4-20-11(25)3-5-33-38(31,32)34-7-10-15(36-37(28,29)30)14(27)18(35-10)24-9-23-13-16(19)21-8-22-17(13)24/h8-10,14-15,18,27H,2-7H2,1H3,(H,20,25)(H,31,32)(H2,19,21,22)(H2,28,29,30). The van der Waals surface area contributed by atoms with Crippen LogP contribution in [0.1, 0.15) is 26.0 Å². The highest BCUT2D eigenvalue weighted by Crippen LogP contribution is 2.47. The quantitative estimate of drug-likeness (QED) is 0.115. The van der Waals surface area contributed by atoms with E-state index in [-0.39, 0.29) is 35.1 Å². The largest absolute Gasteiger partial charge is 0.472 e. The predicted octanol–water partition coefficient (Wildman–Crippen LogP) is -0.546. The Bertz CT molecular complexity index is 1260. The number of carbonyl (C=O) groups excluding carboxylic acids is 2. The third kappa shape index (κ3) is 8.99. The molecule has 18 nitrogen and oxygen atoms in total. The maximum Gasteiger partial charge on any atom is 0.472 e. The molecular weight excluding hydrogens is 586 g/mol. The van der Waals surface area contributed by atoms with Gasteiger partial charge in [0.25, 0.3) is 0 Å². The molecule has 21 heteroatoms. The zero-order valence-corrected chi connectivity index (χ0v) is 23.0. The van der Waals surface area contributed by atoms with Crippen LogP contribution >= 0.6 is 27.4 Å². The van der Waals surface area contributed by atoms with Crippen molar-refractivity contribution in [2.24, 2.45) is 0 Å². The maximum atomic E-state index is 12.3. The van der Waals surface area contributed by atoms with Gasteiger partial charge in [-0.15, -0.1) is 0 Å². The number of phosphoric acid groups is 2. The number of ether oxygens (including phenoxy) is 1. The lowest BCUT2D eigenvalue weighted by Gasteiger charge is -2.21. The second-order valence-corrected chi connectivity index (χ2v) is 11.8. The lowest BCUT2D eigenvalue weighted by molar-refractivity contribution is -0.121. The van der Waals surface area contributed by atoms with Crippen molar-refractivity contribution in [2.45, 2.75) is 44.3 Å². The number of aliphatic hydroxyl groups excluding tert-OH is 1. The maximum absolute atomic E-state index is 12.3. The lowest BCUT2D eigenvalue weighted by atomic mass is 10.1. The van der Waals surface area contributed by atoms with E-state index in [1.807, 2.05) is 0 Å². The van der Waals surface area contributed by atoms with E-state index in [0.29, 0.717) is 12.2 Å². The number of aromatic nitrogens is 4. The summed E-state index contributed by atoms with van der Waals surface area (Å²) < 4.78 is 45.0. The van der Waals surface area contributed by atoms with E-state index in [9.17, 15) is 38.5 Å². The minimum absolute atomic E-state index is 0.0125. The van der Waals surface area contributed by atoms with Gasteiger partial charge in [0, 0.05) is 18.7 Å². The summed E-state index contributed by atoms with van der Waals surface area (Å²) >= 11 is 1.07. The molecule has 7 N–H and O–H groups in total. The summed E-state index contributed by atoms with van der Waals surface area (Å²) in [5.41, 5.74) is 6.06. The first kappa shape index (κ1) is 31.5. The number of nitrogens with zero attached hydrogens (tertiary/aromatic N) is 4. The number of nitrogens with one attached hydrogen (secondary N) is 1. The van der Waals surface area contributed by atoms with Gasteiger partial charge in [0.1, 0.15) is 30.2 Å². The van der Waals surface area contributed by atoms with Crippen LogP contribution in [0.2, 0.25) is 0 Å². The summed E-state index contributed by atoms with van der Waals surface area (Å²) in [6, 6.07) is 0. The molecule has 2 aromatic heterocycles. The smallest absolute Gasteiger partial charge is 0.386 e. The summed E-state index contributed by atoms with van der Waals surface area (Å²) in [6.45, 7) is 0.640. The number of anilines is 1. The highest BCUT2D eigenvalue weighted by atomic mass is 32.2. The molecule has 2 aromatic rings. The van der Waals surface area contributed by atoms with E-state index < -0.39 is 59.3 Å². The fourth-order valence-electron chi connectivity index (χ4n) is 3.43. The molecular formula is C18H28N6O12P2S. The van der Waals surface area contributed by atoms with Crippen molar-refractivity contribution >= 4 is 55.4 Å². The zero-order valence-electron chi connectivity index (χ0n) is 20.4. The Morgan fingerprint density at radius 3 is 2.67 bits per heavy atom. The molecule has 1 aliphatic heterocycles. The van der Waals surface area contributed by atoms with Gasteiger partial charge in [-0.25, -0.2) is 24.1 Å². The number of thioether (sulfide) groups is 1. The van der Waals surface area contributed by atoms with Crippen molar-refractivity contribution in [3.63, 3.8) is 0 Å². The van der Waals surface area contributed by atoms with Gasteiger partial charge in [-0.1, -0.05) is 18.7 Å². The number of hydrogen-bond donors (Lipinski definition) is 6. The molecule has 3 heterocycles. The van der Waals surface area contributed by atoms with E-state index in [2.05, 4.69) is 24.8 Å². The van der Waals surface area contributed by atoms with Crippen LogP contribution in [0, 0.1) is 0 Å². The van der Waals surface area contributed by atoms with E-state index in [1.165, 1.54) is 10.9 Å². The van der Waals surface area contributed by atoms with Gasteiger partial charge in [-0.05, 0) is 0 Å². The number of amides is 1. The van der Waals surface area contributed by atoms with E-state index in [0.717, 1.165) is 18.1 Å². The monoisotopic (exact) mass is 614 g/mol. The Morgan fingerprint density at radius 1 is 1.23 bits per heavy atom.